The number of amides is 1. The summed E-state index contributed by atoms with van der Waals surface area (Å²) in [4.78, 5) is 25.8. The largest absolute Gasteiger partial charge is 0.353 e. The number of anilines is 1. The highest BCUT2D eigenvalue weighted by molar-refractivity contribution is 5.76. The van der Waals surface area contributed by atoms with Crippen molar-refractivity contribution in [1.82, 2.24) is 14.9 Å². The highest BCUT2D eigenvalue weighted by Crippen LogP contribution is 2.20. The van der Waals surface area contributed by atoms with E-state index in [9.17, 15) is 4.79 Å². The van der Waals surface area contributed by atoms with E-state index >= 15 is 0 Å². The molecule has 0 aliphatic carbocycles. The van der Waals surface area contributed by atoms with Crippen LogP contribution in [0.5, 0.6) is 0 Å². The minimum absolute atomic E-state index is 0.290. The van der Waals surface area contributed by atoms with Crippen LogP contribution in [0, 0.1) is 5.92 Å². The maximum atomic E-state index is 12.4. The van der Waals surface area contributed by atoms with Crippen LogP contribution in [0.4, 0.5) is 5.82 Å². The Morgan fingerprint density at radius 2 is 1.85 bits per heavy atom. The molecule has 1 aliphatic heterocycles. The van der Waals surface area contributed by atoms with Crippen LogP contribution in [0.1, 0.15) is 33.1 Å². The summed E-state index contributed by atoms with van der Waals surface area (Å²) in [7, 11) is 0. The van der Waals surface area contributed by atoms with Crippen LogP contribution in [0.3, 0.4) is 0 Å². The fraction of sp³-hybridized carbons (Fsp3) is 0.476. The quantitative estimate of drug-likeness (QED) is 0.797. The van der Waals surface area contributed by atoms with Gasteiger partial charge in [0.15, 0.2) is 5.82 Å². The molecule has 1 aromatic heterocycles. The van der Waals surface area contributed by atoms with Gasteiger partial charge in [-0.2, -0.15) is 0 Å². The van der Waals surface area contributed by atoms with Crippen molar-refractivity contribution in [3.63, 3.8) is 0 Å². The van der Waals surface area contributed by atoms with E-state index < -0.39 is 0 Å². The Kier molecular flexibility index (Phi) is 6.21. The lowest BCUT2D eigenvalue weighted by Gasteiger charge is -2.36. The molecule has 0 radical (unpaired) electrons. The van der Waals surface area contributed by atoms with Gasteiger partial charge in [0.1, 0.15) is 5.82 Å². The van der Waals surface area contributed by atoms with Crippen LogP contribution in [-0.4, -0.2) is 47.0 Å². The maximum Gasteiger partial charge on any atom is 0.222 e. The smallest absolute Gasteiger partial charge is 0.222 e. The lowest BCUT2D eigenvalue weighted by atomic mass is 10.0. The monoisotopic (exact) mass is 352 g/mol. The lowest BCUT2D eigenvalue weighted by molar-refractivity contribution is -0.132. The third-order valence-electron chi connectivity index (χ3n) is 4.93. The summed E-state index contributed by atoms with van der Waals surface area (Å²) in [5.41, 5.74) is 1.02. The van der Waals surface area contributed by atoms with Gasteiger partial charge in [0.25, 0.3) is 0 Å². The minimum atomic E-state index is 0.290. The molecule has 0 spiro atoms. The first-order valence-electron chi connectivity index (χ1n) is 9.58. The van der Waals surface area contributed by atoms with Gasteiger partial charge in [0.05, 0.1) is 0 Å². The second kappa shape index (κ2) is 8.79. The molecule has 0 N–H and O–H groups in total. The first kappa shape index (κ1) is 18.4. The van der Waals surface area contributed by atoms with Crippen molar-refractivity contribution in [3.8, 4) is 11.4 Å². The molecule has 5 heteroatoms. The van der Waals surface area contributed by atoms with Crippen molar-refractivity contribution < 1.29 is 4.79 Å². The zero-order valence-electron chi connectivity index (χ0n) is 15.8. The van der Waals surface area contributed by atoms with Crippen molar-refractivity contribution in [1.29, 1.82) is 0 Å². The van der Waals surface area contributed by atoms with Gasteiger partial charge >= 0.3 is 0 Å². The zero-order chi connectivity index (χ0) is 18.4. The Morgan fingerprint density at radius 3 is 2.54 bits per heavy atom. The molecule has 1 saturated heterocycles. The Balaban J connectivity index is 1.59. The van der Waals surface area contributed by atoms with E-state index in [4.69, 9.17) is 4.98 Å². The molecule has 1 atom stereocenters. The Morgan fingerprint density at radius 1 is 1.12 bits per heavy atom. The molecule has 1 aromatic carbocycles. The molecule has 0 saturated carbocycles. The van der Waals surface area contributed by atoms with Gasteiger partial charge in [0.2, 0.25) is 5.91 Å². The number of benzene rings is 1. The highest BCUT2D eigenvalue weighted by Gasteiger charge is 2.23. The molecule has 5 nitrogen and oxygen atoms in total. The Hall–Kier alpha value is -2.43. The van der Waals surface area contributed by atoms with Gasteiger partial charge in [-0.15, -0.1) is 0 Å². The topological polar surface area (TPSA) is 49.3 Å². The van der Waals surface area contributed by atoms with Crippen molar-refractivity contribution in [2.45, 2.75) is 33.1 Å². The second-order valence-corrected chi connectivity index (χ2v) is 7.07. The van der Waals surface area contributed by atoms with E-state index in [1.165, 1.54) is 0 Å². The molecular weight excluding hydrogens is 324 g/mol. The van der Waals surface area contributed by atoms with Crippen LogP contribution in [0.25, 0.3) is 11.4 Å². The number of aromatic nitrogens is 2. The number of rotatable bonds is 6. The first-order chi connectivity index (χ1) is 12.7. The Bertz CT molecular complexity index is 711. The maximum absolute atomic E-state index is 12.4. The highest BCUT2D eigenvalue weighted by atomic mass is 16.2. The molecule has 1 amide bonds. The summed E-state index contributed by atoms with van der Waals surface area (Å²) in [5, 5.41) is 0. The summed E-state index contributed by atoms with van der Waals surface area (Å²) in [6.07, 6.45) is 4.74. The number of nitrogens with zero attached hydrogens (tertiary/aromatic N) is 4. The van der Waals surface area contributed by atoms with Crippen LogP contribution in [0.15, 0.2) is 42.6 Å². The van der Waals surface area contributed by atoms with Crippen LogP contribution < -0.4 is 4.90 Å². The summed E-state index contributed by atoms with van der Waals surface area (Å²) < 4.78 is 0. The average molecular weight is 352 g/mol. The second-order valence-electron chi connectivity index (χ2n) is 7.07. The summed E-state index contributed by atoms with van der Waals surface area (Å²) in [6, 6.07) is 12.0. The van der Waals surface area contributed by atoms with Crippen molar-refractivity contribution in [2.24, 2.45) is 5.92 Å². The number of hydrogen-bond donors (Lipinski definition) is 0. The van der Waals surface area contributed by atoms with E-state index in [2.05, 4.69) is 23.7 Å². The van der Waals surface area contributed by atoms with E-state index in [-0.39, 0.29) is 0 Å². The van der Waals surface area contributed by atoms with Crippen LogP contribution in [-0.2, 0) is 4.79 Å². The van der Waals surface area contributed by atoms with Crippen molar-refractivity contribution in [2.75, 3.05) is 31.1 Å². The predicted molar refractivity (Wildman–Crippen MR) is 105 cm³/mol. The number of hydrogen-bond acceptors (Lipinski definition) is 4. The number of piperazine rings is 1. The summed E-state index contributed by atoms with van der Waals surface area (Å²) in [6.45, 7) is 7.51. The van der Waals surface area contributed by atoms with Gasteiger partial charge in [-0.05, 0) is 12.0 Å². The van der Waals surface area contributed by atoms with Gasteiger partial charge < -0.3 is 9.80 Å². The fourth-order valence-electron chi connectivity index (χ4n) is 3.46. The number of carbonyl (C=O) groups is 1. The lowest BCUT2D eigenvalue weighted by Crippen LogP contribution is -2.49. The van der Waals surface area contributed by atoms with E-state index in [1.54, 1.807) is 0 Å². The molecule has 1 unspecified atom stereocenters. The molecule has 138 valence electrons. The zero-order valence-corrected chi connectivity index (χ0v) is 15.8. The predicted octanol–water partition coefficient (Wildman–Crippen LogP) is 3.62. The molecular formula is C21H28N4O. The third-order valence-corrected chi connectivity index (χ3v) is 4.93. The van der Waals surface area contributed by atoms with Crippen molar-refractivity contribution in [3.05, 3.63) is 42.6 Å². The average Bonchev–Trinajstić information content (AvgIpc) is 2.69. The molecule has 2 aromatic rings. The van der Waals surface area contributed by atoms with E-state index in [0.29, 0.717) is 18.2 Å². The summed E-state index contributed by atoms with van der Waals surface area (Å²) in [5.74, 6) is 2.44. The Labute approximate surface area is 156 Å². The standard InChI is InChI=1S/C21H28N4O/c1-3-7-17(2)16-20(26)25-14-12-24(13-15-25)19-10-11-22-21(23-19)18-8-5-4-6-9-18/h4-6,8-11,17H,3,7,12-16H2,1-2H3. The minimum Gasteiger partial charge on any atom is -0.353 e. The number of carbonyl (C=O) groups excluding carboxylic acids is 1. The van der Waals surface area contributed by atoms with E-state index in [0.717, 1.165) is 56.2 Å². The van der Waals surface area contributed by atoms with Crippen molar-refractivity contribution >= 4 is 11.7 Å². The molecule has 2 heterocycles. The summed E-state index contributed by atoms with van der Waals surface area (Å²) >= 11 is 0. The molecule has 0 bridgehead atoms. The van der Waals surface area contributed by atoms with Gasteiger partial charge in [-0.1, -0.05) is 57.0 Å². The molecule has 1 aliphatic rings. The normalized spacial score (nSPS) is 15.8. The SMILES string of the molecule is CCCC(C)CC(=O)N1CCN(c2ccnc(-c3ccccc3)n2)CC1. The fourth-order valence-corrected chi connectivity index (χ4v) is 3.46. The molecule has 3 rings (SSSR count). The van der Waals surface area contributed by atoms with Gasteiger partial charge in [-0.25, -0.2) is 9.97 Å². The van der Waals surface area contributed by atoms with Crippen LogP contribution in [0.2, 0.25) is 0 Å². The van der Waals surface area contributed by atoms with Crippen LogP contribution >= 0.6 is 0 Å². The molecule has 26 heavy (non-hydrogen) atoms. The van der Waals surface area contributed by atoms with Gasteiger partial charge in [-0.3, -0.25) is 4.79 Å². The van der Waals surface area contributed by atoms with Gasteiger partial charge in [0, 0.05) is 44.4 Å². The third kappa shape index (κ3) is 4.59. The van der Waals surface area contributed by atoms with E-state index in [1.807, 2.05) is 47.5 Å². The molecule has 1 fully saturated rings. The first-order valence-corrected chi connectivity index (χ1v) is 9.58.